The highest BCUT2D eigenvalue weighted by atomic mass is 32.2. The number of carbonyl (C=O) groups is 1. The molecule has 1 fully saturated rings. The molecule has 5 rings (SSSR count). The van der Waals surface area contributed by atoms with Crippen molar-refractivity contribution in [3.63, 3.8) is 0 Å². The van der Waals surface area contributed by atoms with Gasteiger partial charge in [-0.1, -0.05) is 56.8 Å². The maximum Gasteiger partial charge on any atom is 0.276 e. The number of hydrogen-bond acceptors (Lipinski definition) is 7. The number of hydrogen-bond donors (Lipinski definition) is 2. The zero-order valence-corrected chi connectivity index (χ0v) is 26.7. The summed E-state index contributed by atoms with van der Waals surface area (Å²) in [6.07, 6.45) is 4.70. The molecule has 3 heterocycles. The third kappa shape index (κ3) is 7.62. The van der Waals surface area contributed by atoms with Gasteiger partial charge in [-0.3, -0.25) is 4.79 Å². The van der Waals surface area contributed by atoms with Crippen molar-refractivity contribution in [1.82, 2.24) is 14.2 Å². The summed E-state index contributed by atoms with van der Waals surface area (Å²) in [4.78, 5) is 19.2. The molecule has 2 aliphatic rings. The molecule has 46 heavy (non-hydrogen) atoms. The monoisotopic (exact) mass is 659 g/mol. The molecule has 0 aliphatic carbocycles. The number of aryl methyl sites for hydroxylation is 1. The number of fused-ring (bicyclic) bond motifs is 2. The molecule has 0 saturated carbocycles. The average molecular weight is 660 g/mol. The van der Waals surface area contributed by atoms with Crippen molar-refractivity contribution in [3.05, 3.63) is 102 Å². The van der Waals surface area contributed by atoms with Crippen LogP contribution in [0.25, 0.3) is 0 Å². The second kappa shape index (κ2) is 14.7. The van der Waals surface area contributed by atoms with Crippen LogP contribution in [-0.4, -0.2) is 55.4 Å². The standard InChI is InChI=1S/C30H30F3N5O5S.C2H6/c1-4-8-26(42-16-19-9-6-5-7-10-19)34-18(2)38-13-20-17-43-29-25(44(40,41)36-24(20)14-38)15-37(3)28(29)30(39)35-21-11-22(31)27(33)23(32)12-21;1-2/h4-12,15,20,24,36H,2,13-14,16-17H2,1,3H3,(H,35,39);1-2H3/b8-4-,34-26+;. The summed E-state index contributed by atoms with van der Waals surface area (Å²) < 4.78 is 83.4. The summed E-state index contributed by atoms with van der Waals surface area (Å²) in [7, 11) is -2.75. The number of aromatic nitrogens is 1. The van der Waals surface area contributed by atoms with Gasteiger partial charge in [0.15, 0.2) is 28.9 Å². The molecule has 1 amide bonds. The normalized spacial score (nSPS) is 18.8. The smallest absolute Gasteiger partial charge is 0.276 e. The van der Waals surface area contributed by atoms with E-state index < -0.39 is 39.4 Å². The van der Waals surface area contributed by atoms with Gasteiger partial charge >= 0.3 is 0 Å². The highest BCUT2D eigenvalue weighted by Gasteiger charge is 2.41. The van der Waals surface area contributed by atoms with Gasteiger partial charge < -0.3 is 24.3 Å². The molecular formula is C32H36F3N5O5S. The van der Waals surface area contributed by atoms with Gasteiger partial charge in [0.25, 0.3) is 5.91 Å². The van der Waals surface area contributed by atoms with Gasteiger partial charge in [-0.2, -0.15) is 4.99 Å². The molecule has 2 N–H and O–H groups in total. The SMILES string of the molecule is C=C(/N=C(\C=C/C)OCc1ccccc1)N1CC2COc3c(cn(C)c3C(=O)Nc3cc(F)c(F)c(F)c3)S(=O)(=O)NC2C1.CC. The molecule has 2 atom stereocenters. The van der Waals surface area contributed by atoms with Crippen LogP contribution < -0.4 is 14.8 Å². The van der Waals surface area contributed by atoms with Crippen LogP contribution in [0.2, 0.25) is 0 Å². The third-order valence-corrected chi connectivity index (χ3v) is 8.66. The number of likely N-dealkylation sites (tertiary alicyclic amines) is 1. The minimum atomic E-state index is -4.18. The van der Waals surface area contributed by atoms with Gasteiger partial charge in [0.2, 0.25) is 15.9 Å². The van der Waals surface area contributed by atoms with E-state index in [2.05, 4.69) is 21.6 Å². The minimum absolute atomic E-state index is 0.0318. The van der Waals surface area contributed by atoms with E-state index >= 15 is 0 Å². The first kappa shape index (κ1) is 34.3. The molecule has 0 spiro atoms. The summed E-state index contributed by atoms with van der Waals surface area (Å²) >= 11 is 0. The molecule has 2 aliphatic heterocycles. The maximum atomic E-state index is 13.7. The summed E-state index contributed by atoms with van der Waals surface area (Å²) in [6.45, 7) is 10.8. The van der Waals surface area contributed by atoms with Crippen molar-refractivity contribution >= 4 is 27.5 Å². The molecular weight excluding hydrogens is 623 g/mol. The number of halogens is 3. The third-order valence-electron chi connectivity index (χ3n) is 7.18. The van der Waals surface area contributed by atoms with Gasteiger partial charge in [0.05, 0.1) is 6.61 Å². The van der Waals surface area contributed by atoms with E-state index in [1.807, 2.05) is 56.0 Å². The van der Waals surface area contributed by atoms with Crippen LogP contribution >= 0.6 is 0 Å². The van der Waals surface area contributed by atoms with Gasteiger partial charge in [0, 0.05) is 56.1 Å². The van der Waals surface area contributed by atoms with E-state index in [4.69, 9.17) is 9.47 Å². The summed E-state index contributed by atoms with van der Waals surface area (Å²) in [6, 6.07) is 10.3. The first-order chi connectivity index (χ1) is 22.0. The van der Waals surface area contributed by atoms with Crippen LogP contribution in [-0.2, 0) is 28.4 Å². The predicted octanol–water partition coefficient (Wildman–Crippen LogP) is 5.35. The van der Waals surface area contributed by atoms with E-state index in [-0.39, 0.29) is 41.1 Å². The second-order valence-corrected chi connectivity index (χ2v) is 12.0. The molecule has 10 nitrogen and oxygen atoms in total. The van der Waals surface area contributed by atoms with Crippen molar-refractivity contribution in [3.8, 4) is 5.75 Å². The fourth-order valence-corrected chi connectivity index (χ4v) is 6.50. The Bertz CT molecular complexity index is 1740. The average Bonchev–Trinajstić information content (AvgIpc) is 3.58. The lowest BCUT2D eigenvalue weighted by molar-refractivity contribution is 0.101. The quantitative estimate of drug-likeness (QED) is 0.201. The van der Waals surface area contributed by atoms with Crippen LogP contribution in [0, 0.1) is 23.4 Å². The molecule has 2 unspecified atom stereocenters. The largest absolute Gasteiger partial charge is 0.489 e. The van der Waals surface area contributed by atoms with E-state index in [0.29, 0.717) is 37.0 Å². The Hall–Kier alpha value is -4.56. The Morgan fingerprint density at radius 1 is 1.17 bits per heavy atom. The molecule has 14 heteroatoms. The number of nitrogens with one attached hydrogen (secondary N) is 2. The molecule has 1 aromatic heterocycles. The highest BCUT2D eigenvalue weighted by Crippen LogP contribution is 2.35. The molecule has 3 aromatic rings. The van der Waals surface area contributed by atoms with Crippen molar-refractivity contribution in [2.45, 2.75) is 38.3 Å². The summed E-state index contributed by atoms with van der Waals surface area (Å²) in [5.74, 6) is -5.44. The van der Waals surface area contributed by atoms with Crippen LogP contribution in [0.1, 0.15) is 36.8 Å². The number of carbonyl (C=O) groups excluding carboxylic acids is 1. The minimum Gasteiger partial charge on any atom is -0.489 e. The van der Waals surface area contributed by atoms with Gasteiger partial charge in [-0.15, -0.1) is 0 Å². The van der Waals surface area contributed by atoms with Gasteiger partial charge in [-0.25, -0.2) is 26.3 Å². The second-order valence-electron chi connectivity index (χ2n) is 10.3. The number of nitrogens with zero attached hydrogens (tertiary/aromatic N) is 3. The van der Waals surface area contributed by atoms with E-state index in [9.17, 15) is 26.4 Å². The molecule has 1 saturated heterocycles. The lowest BCUT2D eigenvalue weighted by Gasteiger charge is -2.23. The molecule has 0 radical (unpaired) electrons. The number of benzene rings is 2. The number of allylic oxidation sites excluding steroid dienone is 1. The van der Waals surface area contributed by atoms with Crippen molar-refractivity contribution in [1.29, 1.82) is 0 Å². The maximum absolute atomic E-state index is 13.7. The zero-order chi connectivity index (χ0) is 33.6. The topological polar surface area (TPSA) is 114 Å². The van der Waals surface area contributed by atoms with E-state index in [0.717, 1.165) is 5.56 Å². The van der Waals surface area contributed by atoms with Crippen LogP contribution in [0.3, 0.4) is 0 Å². The Kier molecular flexibility index (Phi) is 11.0. The summed E-state index contributed by atoms with van der Waals surface area (Å²) in [5.41, 5.74) is 0.402. The Morgan fingerprint density at radius 2 is 1.85 bits per heavy atom. The Balaban J connectivity index is 0.00000235. The molecule has 2 aromatic carbocycles. The predicted molar refractivity (Wildman–Crippen MR) is 168 cm³/mol. The van der Waals surface area contributed by atoms with Crippen molar-refractivity contribution < 1.29 is 35.9 Å². The van der Waals surface area contributed by atoms with E-state index in [1.165, 1.54) is 17.8 Å². The van der Waals surface area contributed by atoms with E-state index in [1.54, 1.807) is 12.2 Å². The van der Waals surface area contributed by atoms with Crippen molar-refractivity contribution in [2.75, 3.05) is 25.0 Å². The summed E-state index contributed by atoms with van der Waals surface area (Å²) in [5, 5.41) is 2.27. The molecule has 0 bridgehead atoms. The number of rotatable bonds is 7. The van der Waals surface area contributed by atoms with Crippen molar-refractivity contribution in [2.24, 2.45) is 18.0 Å². The lowest BCUT2D eigenvalue weighted by atomic mass is 10.1. The van der Waals surface area contributed by atoms with Gasteiger partial charge in [-0.05, 0) is 18.6 Å². The van der Waals surface area contributed by atoms with Crippen LogP contribution in [0.4, 0.5) is 18.9 Å². The number of ether oxygens (including phenoxy) is 2. The lowest BCUT2D eigenvalue weighted by Crippen LogP contribution is -2.43. The fraction of sp³-hybridized carbons (Fsp3) is 0.312. The van der Waals surface area contributed by atoms with Gasteiger partial charge in [0.1, 0.15) is 17.3 Å². The fourth-order valence-electron chi connectivity index (χ4n) is 5.02. The first-order valence-corrected chi connectivity index (χ1v) is 16.1. The Morgan fingerprint density at radius 3 is 2.50 bits per heavy atom. The number of aliphatic imine (C=N–C) groups is 1. The zero-order valence-electron chi connectivity index (χ0n) is 25.9. The first-order valence-electron chi connectivity index (χ1n) is 14.6. The number of anilines is 1. The van der Waals surface area contributed by atoms with Crippen LogP contribution in [0.15, 0.2) is 83.1 Å². The highest BCUT2D eigenvalue weighted by molar-refractivity contribution is 7.89. The Labute approximate surface area is 266 Å². The molecule has 246 valence electrons. The van der Waals surface area contributed by atoms with Crippen LogP contribution in [0.5, 0.6) is 5.75 Å². The number of amides is 1. The number of sulfonamides is 1.